The van der Waals surface area contributed by atoms with Crippen LogP contribution in [0.1, 0.15) is 43.2 Å². The van der Waals surface area contributed by atoms with Crippen LogP contribution < -0.4 is 11.1 Å². The second kappa shape index (κ2) is 6.38. The van der Waals surface area contributed by atoms with Crippen LogP contribution in [0.5, 0.6) is 0 Å². The summed E-state index contributed by atoms with van der Waals surface area (Å²) in [5.74, 6) is 0.568. The van der Waals surface area contributed by atoms with Gasteiger partial charge in [-0.2, -0.15) is 0 Å². The van der Waals surface area contributed by atoms with Gasteiger partial charge in [-0.15, -0.1) is 0 Å². The van der Waals surface area contributed by atoms with Crippen molar-refractivity contribution in [2.45, 2.75) is 51.6 Å². The van der Waals surface area contributed by atoms with Gasteiger partial charge < -0.3 is 11.1 Å². The maximum absolute atomic E-state index is 5.93. The first-order valence-corrected chi connectivity index (χ1v) is 6.71. The van der Waals surface area contributed by atoms with Gasteiger partial charge in [0.2, 0.25) is 0 Å². The number of aromatic nitrogens is 1. The highest BCUT2D eigenvalue weighted by atomic mass is 15.1. The summed E-state index contributed by atoms with van der Waals surface area (Å²) in [6, 6.07) is 2.51. The van der Waals surface area contributed by atoms with Crippen molar-refractivity contribution >= 4 is 5.96 Å². The molecule has 1 heterocycles. The van der Waals surface area contributed by atoms with Crippen LogP contribution >= 0.6 is 0 Å². The Morgan fingerprint density at radius 3 is 2.94 bits per heavy atom. The maximum Gasteiger partial charge on any atom is 0.189 e. The Bertz CT molecular complexity index is 408. The van der Waals surface area contributed by atoms with Gasteiger partial charge in [-0.1, -0.05) is 19.3 Å². The minimum Gasteiger partial charge on any atom is -0.370 e. The third-order valence-electron chi connectivity index (χ3n) is 3.51. The molecule has 18 heavy (non-hydrogen) atoms. The van der Waals surface area contributed by atoms with Crippen molar-refractivity contribution in [3.05, 3.63) is 29.6 Å². The van der Waals surface area contributed by atoms with Gasteiger partial charge in [-0.3, -0.25) is 4.98 Å². The summed E-state index contributed by atoms with van der Waals surface area (Å²) < 4.78 is 0. The lowest BCUT2D eigenvalue weighted by Crippen LogP contribution is -2.41. The fourth-order valence-electron chi connectivity index (χ4n) is 2.35. The fraction of sp³-hybridized carbons (Fsp3) is 0.571. The van der Waals surface area contributed by atoms with E-state index in [1.54, 1.807) is 6.20 Å². The van der Waals surface area contributed by atoms with Crippen LogP contribution in [0.2, 0.25) is 0 Å². The average Bonchev–Trinajstić information content (AvgIpc) is 2.39. The number of nitrogens with two attached hydrogens (primary N) is 1. The first-order valence-electron chi connectivity index (χ1n) is 6.71. The molecule has 0 saturated heterocycles. The Morgan fingerprint density at radius 2 is 2.22 bits per heavy atom. The van der Waals surface area contributed by atoms with E-state index in [9.17, 15) is 0 Å². The van der Waals surface area contributed by atoms with Crippen molar-refractivity contribution in [2.75, 3.05) is 0 Å². The highest BCUT2D eigenvalue weighted by molar-refractivity contribution is 5.78. The molecule has 1 fully saturated rings. The summed E-state index contributed by atoms with van der Waals surface area (Å²) in [5, 5.41) is 3.32. The van der Waals surface area contributed by atoms with Gasteiger partial charge in [0.05, 0.1) is 6.54 Å². The summed E-state index contributed by atoms with van der Waals surface area (Å²) in [6.07, 6.45) is 10.0. The molecular formula is C14H22N4. The average molecular weight is 246 g/mol. The Morgan fingerprint density at radius 1 is 1.44 bits per heavy atom. The molecule has 98 valence electrons. The summed E-state index contributed by atoms with van der Waals surface area (Å²) in [7, 11) is 0. The van der Waals surface area contributed by atoms with Crippen LogP contribution in [-0.2, 0) is 6.54 Å². The molecule has 0 amide bonds. The first kappa shape index (κ1) is 12.9. The molecule has 1 aliphatic carbocycles. The third-order valence-corrected chi connectivity index (χ3v) is 3.51. The molecule has 0 unspecified atom stereocenters. The number of aliphatic imine (C=N–C) groups is 1. The van der Waals surface area contributed by atoms with Crippen molar-refractivity contribution in [2.24, 2.45) is 10.7 Å². The van der Waals surface area contributed by atoms with E-state index in [2.05, 4.69) is 15.3 Å². The number of pyridine rings is 1. The van der Waals surface area contributed by atoms with E-state index in [1.165, 1.54) is 37.7 Å². The molecular weight excluding hydrogens is 224 g/mol. The van der Waals surface area contributed by atoms with Crippen LogP contribution in [0.3, 0.4) is 0 Å². The predicted molar refractivity (Wildman–Crippen MR) is 74.3 cm³/mol. The lowest BCUT2D eigenvalue weighted by molar-refractivity contribution is 0.412. The summed E-state index contributed by atoms with van der Waals surface area (Å²) in [5.41, 5.74) is 8.26. The summed E-state index contributed by atoms with van der Waals surface area (Å²) in [4.78, 5) is 8.48. The van der Waals surface area contributed by atoms with Crippen LogP contribution in [0.25, 0.3) is 0 Å². The van der Waals surface area contributed by atoms with E-state index in [1.807, 2.05) is 19.2 Å². The molecule has 3 N–H and O–H groups in total. The smallest absolute Gasteiger partial charge is 0.189 e. The Kier molecular flexibility index (Phi) is 4.56. The molecule has 0 aromatic carbocycles. The van der Waals surface area contributed by atoms with Crippen LogP contribution in [0, 0.1) is 6.92 Å². The van der Waals surface area contributed by atoms with Crippen molar-refractivity contribution in [3.63, 3.8) is 0 Å². The Labute approximate surface area is 109 Å². The molecule has 4 nitrogen and oxygen atoms in total. The van der Waals surface area contributed by atoms with Crippen molar-refractivity contribution in [3.8, 4) is 0 Å². The second-order valence-electron chi connectivity index (χ2n) is 4.98. The van der Waals surface area contributed by atoms with Crippen molar-refractivity contribution in [1.82, 2.24) is 10.3 Å². The van der Waals surface area contributed by atoms with Crippen LogP contribution in [0.15, 0.2) is 23.5 Å². The molecule has 0 aliphatic heterocycles. The van der Waals surface area contributed by atoms with Crippen LogP contribution in [-0.4, -0.2) is 17.0 Å². The maximum atomic E-state index is 5.93. The third kappa shape index (κ3) is 3.72. The van der Waals surface area contributed by atoms with Gasteiger partial charge in [0.1, 0.15) is 0 Å². The zero-order valence-corrected chi connectivity index (χ0v) is 11.0. The van der Waals surface area contributed by atoms with Gasteiger partial charge in [-0.25, -0.2) is 4.99 Å². The highest BCUT2D eigenvalue weighted by Crippen LogP contribution is 2.17. The van der Waals surface area contributed by atoms with E-state index in [0.717, 1.165) is 5.56 Å². The molecule has 1 saturated carbocycles. The molecule has 0 atom stereocenters. The Balaban J connectivity index is 1.86. The predicted octanol–water partition coefficient (Wildman–Crippen LogP) is 2.13. The number of nitrogens with zero attached hydrogens (tertiary/aromatic N) is 2. The van der Waals surface area contributed by atoms with E-state index in [-0.39, 0.29) is 0 Å². The zero-order chi connectivity index (χ0) is 12.8. The number of hydrogen-bond acceptors (Lipinski definition) is 2. The second-order valence-corrected chi connectivity index (χ2v) is 4.98. The minimum atomic E-state index is 0.515. The molecule has 1 aromatic rings. The van der Waals surface area contributed by atoms with Gasteiger partial charge >= 0.3 is 0 Å². The minimum absolute atomic E-state index is 0.515. The largest absolute Gasteiger partial charge is 0.370 e. The standard InChI is InChI=1S/C14H22N4/c1-11-9-16-8-7-12(11)10-17-14(15)18-13-5-3-2-4-6-13/h7-9,13H,2-6,10H2,1H3,(H3,15,17,18). The van der Waals surface area contributed by atoms with Crippen molar-refractivity contribution in [1.29, 1.82) is 0 Å². The van der Waals surface area contributed by atoms with Gasteiger partial charge in [0.25, 0.3) is 0 Å². The summed E-state index contributed by atoms with van der Waals surface area (Å²) in [6.45, 7) is 2.67. The first-order chi connectivity index (χ1) is 8.75. The molecule has 0 bridgehead atoms. The SMILES string of the molecule is Cc1cnccc1CN=C(N)NC1CCCCC1. The number of hydrogen-bond donors (Lipinski definition) is 2. The molecule has 0 radical (unpaired) electrons. The van der Waals surface area contributed by atoms with E-state index < -0.39 is 0 Å². The van der Waals surface area contributed by atoms with Gasteiger partial charge in [0, 0.05) is 18.4 Å². The van der Waals surface area contributed by atoms with E-state index in [0.29, 0.717) is 18.5 Å². The molecule has 1 aromatic heterocycles. The molecule has 4 heteroatoms. The molecule has 0 spiro atoms. The topological polar surface area (TPSA) is 63.3 Å². The molecule has 2 rings (SSSR count). The Hall–Kier alpha value is -1.58. The van der Waals surface area contributed by atoms with Crippen molar-refractivity contribution < 1.29 is 0 Å². The molecule has 1 aliphatic rings. The number of aryl methyl sites for hydroxylation is 1. The lowest BCUT2D eigenvalue weighted by atomic mass is 9.96. The monoisotopic (exact) mass is 246 g/mol. The number of rotatable bonds is 3. The normalized spacial score (nSPS) is 17.7. The van der Waals surface area contributed by atoms with Crippen LogP contribution in [0.4, 0.5) is 0 Å². The quantitative estimate of drug-likeness (QED) is 0.634. The van der Waals surface area contributed by atoms with Gasteiger partial charge in [0.15, 0.2) is 5.96 Å². The van der Waals surface area contributed by atoms with Gasteiger partial charge in [-0.05, 0) is 37.0 Å². The number of guanidine groups is 1. The number of nitrogens with one attached hydrogen (secondary N) is 1. The fourth-order valence-corrected chi connectivity index (χ4v) is 2.35. The summed E-state index contributed by atoms with van der Waals surface area (Å²) >= 11 is 0. The van der Waals surface area contributed by atoms with E-state index >= 15 is 0 Å². The van der Waals surface area contributed by atoms with E-state index in [4.69, 9.17) is 5.73 Å². The zero-order valence-electron chi connectivity index (χ0n) is 11.0. The lowest BCUT2D eigenvalue weighted by Gasteiger charge is -2.23. The highest BCUT2D eigenvalue weighted by Gasteiger charge is 2.13.